The van der Waals surface area contributed by atoms with Gasteiger partial charge in [0.2, 0.25) is 11.8 Å². The predicted molar refractivity (Wildman–Crippen MR) is 114 cm³/mol. The van der Waals surface area contributed by atoms with Gasteiger partial charge >= 0.3 is 0 Å². The smallest absolute Gasteiger partial charge is 0.228 e. The van der Waals surface area contributed by atoms with Gasteiger partial charge in [0.15, 0.2) is 0 Å². The third-order valence-corrected chi connectivity index (χ3v) is 6.75. The van der Waals surface area contributed by atoms with E-state index in [1.54, 1.807) is 11.8 Å². The molecule has 0 spiro atoms. The van der Waals surface area contributed by atoms with Crippen LogP contribution < -0.4 is 0 Å². The monoisotopic (exact) mass is 396 g/mol. The van der Waals surface area contributed by atoms with Crippen LogP contribution >= 0.6 is 11.8 Å². The van der Waals surface area contributed by atoms with E-state index in [1.165, 1.54) is 4.90 Å². The second kappa shape index (κ2) is 9.28. The minimum atomic E-state index is -0.257. The Bertz CT molecular complexity index is 797. The van der Waals surface area contributed by atoms with E-state index in [1.807, 2.05) is 72.3 Å². The minimum absolute atomic E-state index is 0.0112. The number of carbonyl (C=O) groups excluding carboxylic acids is 2. The highest BCUT2D eigenvalue weighted by Crippen LogP contribution is 2.30. The highest BCUT2D eigenvalue weighted by molar-refractivity contribution is 7.99. The summed E-state index contributed by atoms with van der Waals surface area (Å²) in [5, 5.41) is 0. The number of likely N-dealkylation sites (tertiary alicyclic amines) is 1. The van der Waals surface area contributed by atoms with Gasteiger partial charge in [-0.2, -0.15) is 0 Å². The van der Waals surface area contributed by atoms with Crippen molar-refractivity contribution in [2.75, 3.05) is 19.3 Å². The Balaban J connectivity index is 1.57. The molecule has 0 aliphatic carbocycles. The maximum Gasteiger partial charge on any atom is 0.228 e. The van der Waals surface area contributed by atoms with Crippen LogP contribution in [-0.4, -0.2) is 47.0 Å². The van der Waals surface area contributed by atoms with Crippen molar-refractivity contribution in [2.45, 2.75) is 37.2 Å². The van der Waals surface area contributed by atoms with Crippen LogP contribution in [0.1, 0.15) is 31.9 Å². The summed E-state index contributed by atoms with van der Waals surface area (Å²) in [7, 11) is 1.85. The molecule has 1 aliphatic rings. The Morgan fingerprint density at radius 1 is 1.11 bits per heavy atom. The van der Waals surface area contributed by atoms with Crippen molar-refractivity contribution in [3.63, 3.8) is 0 Å². The molecular weight excluding hydrogens is 368 g/mol. The lowest BCUT2D eigenvalue weighted by atomic mass is 10.1. The third kappa shape index (κ3) is 4.76. The van der Waals surface area contributed by atoms with Gasteiger partial charge in [-0.15, -0.1) is 11.8 Å². The standard InChI is InChI=1S/C23H28N2O2S/c1-17(16-28-21-12-8-5-9-13-21)24(3)23(27)20-14-22(26)25(15-20)18(2)19-10-6-4-7-11-19/h4-13,17-18,20H,14-16H2,1-3H3. The van der Waals surface area contributed by atoms with Crippen molar-refractivity contribution in [1.29, 1.82) is 0 Å². The molecule has 0 N–H and O–H groups in total. The summed E-state index contributed by atoms with van der Waals surface area (Å²) in [4.78, 5) is 30.4. The summed E-state index contributed by atoms with van der Waals surface area (Å²) < 4.78 is 0. The summed E-state index contributed by atoms with van der Waals surface area (Å²) in [6.45, 7) is 4.59. The summed E-state index contributed by atoms with van der Waals surface area (Å²) in [6.07, 6.45) is 0.304. The molecule has 3 rings (SSSR count). The fourth-order valence-corrected chi connectivity index (χ4v) is 4.54. The Morgan fingerprint density at radius 3 is 2.36 bits per heavy atom. The van der Waals surface area contributed by atoms with Gasteiger partial charge in [0.05, 0.1) is 12.0 Å². The topological polar surface area (TPSA) is 40.6 Å². The summed E-state index contributed by atoms with van der Waals surface area (Å²) in [5.74, 6) is 0.705. The van der Waals surface area contributed by atoms with E-state index in [-0.39, 0.29) is 29.8 Å². The predicted octanol–water partition coefficient (Wildman–Crippen LogP) is 4.24. The van der Waals surface area contributed by atoms with E-state index in [0.29, 0.717) is 13.0 Å². The second-order valence-electron chi connectivity index (χ2n) is 7.46. The number of benzene rings is 2. The molecule has 1 heterocycles. The average molecular weight is 397 g/mol. The van der Waals surface area contributed by atoms with Gasteiger partial charge in [0, 0.05) is 36.7 Å². The zero-order valence-electron chi connectivity index (χ0n) is 16.7. The van der Waals surface area contributed by atoms with Crippen LogP contribution in [0.2, 0.25) is 0 Å². The number of rotatable bonds is 7. The van der Waals surface area contributed by atoms with Crippen molar-refractivity contribution in [3.05, 3.63) is 66.2 Å². The molecule has 5 heteroatoms. The van der Waals surface area contributed by atoms with Gasteiger partial charge in [-0.1, -0.05) is 48.5 Å². The van der Waals surface area contributed by atoms with Gasteiger partial charge in [-0.25, -0.2) is 0 Å². The number of carbonyl (C=O) groups is 2. The van der Waals surface area contributed by atoms with Crippen LogP contribution in [-0.2, 0) is 9.59 Å². The van der Waals surface area contributed by atoms with E-state index < -0.39 is 0 Å². The summed E-state index contributed by atoms with van der Waals surface area (Å²) in [6, 6.07) is 20.3. The van der Waals surface area contributed by atoms with Crippen LogP contribution in [0, 0.1) is 5.92 Å². The largest absolute Gasteiger partial charge is 0.342 e. The van der Waals surface area contributed by atoms with Crippen LogP contribution in [0.5, 0.6) is 0 Å². The first-order valence-electron chi connectivity index (χ1n) is 9.76. The van der Waals surface area contributed by atoms with E-state index in [0.717, 1.165) is 11.3 Å². The summed E-state index contributed by atoms with van der Waals surface area (Å²) in [5.41, 5.74) is 1.10. The van der Waals surface area contributed by atoms with Gasteiger partial charge in [-0.05, 0) is 31.5 Å². The first-order chi connectivity index (χ1) is 13.5. The van der Waals surface area contributed by atoms with Gasteiger partial charge < -0.3 is 9.80 Å². The first kappa shape index (κ1) is 20.5. The number of amides is 2. The van der Waals surface area contributed by atoms with E-state index in [2.05, 4.69) is 19.1 Å². The molecule has 1 saturated heterocycles. The van der Waals surface area contributed by atoms with Crippen molar-refractivity contribution in [2.24, 2.45) is 5.92 Å². The second-order valence-corrected chi connectivity index (χ2v) is 8.55. The number of hydrogen-bond donors (Lipinski definition) is 0. The Labute approximate surface area is 171 Å². The molecule has 2 amide bonds. The molecule has 1 aliphatic heterocycles. The highest BCUT2D eigenvalue weighted by atomic mass is 32.2. The molecule has 148 valence electrons. The lowest BCUT2D eigenvalue weighted by Crippen LogP contribution is -2.41. The summed E-state index contributed by atoms with van der Waals surface area (Å²) >= 11 is 1.75. The molecule has 3 unspecified atom stereocenters. The molecule has 1 fully saturated rings. The molecule has 2 aromatic rings. The van der Waals surface area contributed by atoms with Crippen LogP contribution in [0.15, 0.2) is 65.6 Å². The van der Waals surface area contributed by atoms with Crippen molar-refractivity contribution in [3.8, 4) is 0 Å². The van der Waals surface area contributed by atoms with E-state index >= 15 is 0 Å². The fourth-order valence-electron chi connectivity index (χ4n) is 3.53. The molecule has 28 heavy (non-hydrogen) atoms. The number of hydrogen-bond acceptors (Lipinski definition) is 3. The molecular formula is C23H28N2O2S. The Morgan fingerprint density at radius 2 is 1.71 bits per heavy atom. The van der Waals surface area contributed by atoms with E-state index in [9.17, 15) is 9.59 Å². The normalized spacial score (nSPS) is 18.8. The molecule has 4 nitrogen and oxygen atoms in total. The van der Waals surface area contributed by atoms with Crippen molar-refractivity contribution in [1.82, 2.24) is 9.80 Å². The van der Waals surface area contributed by atoms with Crippen molar-refractivity contribution < 1.29 is 9.59 Å². The Hall–Kier alpha value is -2.27. The molecule has 0 saturated carbocycles. The number of thioether (sulfide) groups is 1. The molecule has 0 aromatic heterocycles. The van der Waals surface area contributed by atoms with Gasteiger partial charge in [0.25, 0.3) is 0 Å². The zero-order valence-corrected chi connectivity index (χ0v) is 17.6. The quantitative estimate of drug-likeness (QED) is 0.658. The Kier molecular flexibility index (Phi) is 6.79. The molecule has 0 radical (unpaired) electrons. The average Bonchev–Trinajstić information content (AvgIpc) is 3.13. The van der Waals surface area contributed by atoms with E-state index in [4.69, 9.17) is 0 Å². The molecule has 3 atom stereocenters. The van der Waals surface area contributed by atoms with Crippen LogP contribution in [0.25, 0.3) is 0 Å². The third-order valence-electron chi connectivity index (χ3n) is 5.50. The lowest BCUT2D eigenvalue weighted by Gasteiger charge is -2.28. The maximum absolute atomic E-state index is 13.0. The maximum atomic E-state index is 13.0. The van der Waals surface area contributed by atoms with Gasteiger partial charge in [0.1, 0.15) is 0 Å². The van der Waals surface area contributed by atoms with Crippen molar-refractivity contribution >= 4 is 23.6 Å². The lowest BCUT2D eigenvalue weighted by molar-refractivity contribution is -0.136. The molecule has 0 bridgehead atoms. The fraction of sp³-hybridized carbons (Fsp3) is 0.391. The minimum Gasteiger partial charge on any atom is -0.342 e. The highest BCUT2D eigenvalue weighted by Gasteiger charge is 2.38. The number of nitrogens with zero attached hydrogens (tertiary/aromatic N) is 2. The van der Waals surface area contributed by atoms with Gasteiger partial charge in [-0.3, -0.25) is 9.59 Å². The first-order valence-corrected chi connectivity index (χ1v) is 10.7. The van der Waals surface area contributed by atoms with Crippen LogP contribution in [0.4, 0.5) is 0 Å². The molecule has 2 aromatic carbocycles. The SMILES string of the molecule is CC(CSc1ccccc1)N(C)C(=O)C1CC(=O)N(C(C)c2ccccc2)C1. The zero-order chi connectivity index (χ0) is 20.1. The van der Waals surface area contributed by atoms with Crippen LogP contribution in [0.3, 0.4) is 0 Å².